The minimum Gasteiger partial charge on any atom is -0.489 e. The van der Waals surface area contributed by atoms with Gasteiger partial charge in [-0.3, -0.25) is 9.59 Å². The maximum absolute atomic E-state index is 11.4. The van der Waals surface area contributed by atoms with Crippen LogP contribution in [0.4, 0.5) is 0 Å². The number of carbonyl (C=O) groups is 2. The third-order valence-electron chi connectivity index (χ3n) is 3.05. The van der Waals surface area contributed by atoms with Crippen LogP contribution in [0.5, 0.6) is 5.75 Å². The summed E-state index contributed by atoms with van der Waals surface area (Å²) < 4.78 is 10.3. The fourth-order valence-electron chi connectivity index (χ4n) is 1.91. The summed E-state index contributed by atoms with van der Waals surface area (Å²) in [4.78, 5) is 22.4. The number of hydrogen-bond donors (Lipinski definition) is 0. The highest BCUT2D eigenvalue weighted by molar-refractivity contribution is 5.82. The van der Waals surface area contributed by atoms with Gasteiger partial charge in [0.25, 0.3) is 0 Å². The molecule has 23 heavy (non-hydrogen) atoms. The van der Waals surface area contributed by atoms with E-state index in [4.69, 9.17) is 4.74 Å². The fraction of sp³-hybridized carbons (Fsp3) is 0.263. The normalized spacial score (nSPS) is 9.35. The van der Waals surface area contributed by atoms with Crippen LogP contribution in [0.2, 0.25) is 0 Å². The smallest absolute Gasteiger partial charge is 0.310 e. The topological polar surface area (TPSA) is 52.6 Å². The van der Waals surface area contributed by atoms with Crippen molar-refractivity contribution in [1.29, 1.82) is 0 Å². The second-order valence-corrected chi connectivity index (χ2v) is 4.51. The van der Waals surface area contributed by atoms with Crippen LogP contribution < -0.4 is 4.74 Å². The van der Waals surface area contributed by atoms with Crippen molar-refractivity contribution in [1.82, 2.24) is 0 Å². The van der Waals surface area contributed by atoms with Gasteiger partial charge in [-0.2, -0.15) is 0 Å². The van der Waals surface area contributed by atoms with Crippen molar-refractivity contribution < 1.29 is 19.1 Å². The van der Waals surface area contributed by atoms with E-state index in [2.05, 4.69) is 4.74 Å². The molecule has 0 saturated heterocycles. The molecule has 0 radical (unpaired) electrons. The Morgan fingerprint density at radius 2 is 1.78 bits per heavy atom. The summed E-state index contributed by atoms with van der Waals surface area (Å²) in [5.74, 6) is 0.224. The lowest BCUT2D eigenvalue weighted by atomic mass is 10.1. The predicted octanol–water partition coefficient (Wildman–Crippen LogP) is 3.82. The molecule has 0 unspecified atom stereocenters. The van der Waals surface area contributed by atoms with Crippen LogP contribution in [0.3, 0.4) is 0 Å². The molecule has 2 aromatic carbocycles. The Kier molecular flexibility index (Phi) is 8.14. The number of aldehydes is 1. The zero-order valence-corrected chi connectivity index (χ0v) is 13.7. The monoisotopic (exact) mass is 314 g/mol. The van der Waals surface area contributed by atoms with Crippen LogP contribution in [0.1, 0.15) is 35.3 Å². The summed E-state index contributed by atoms with van der Waals surface area (Å²) >= 11 is 0. The van der Waals surface area contributed by atoms with Gasteiger partial charge >= 0.3 is 5.97 Å². The Morgan fingerprint density at radius 3 is 2.39 bits per heavy atom. The van der Waals surface area contributed by atoms with Crippen molar-refractivity contribution in [2.24, 2.45) is 0 Å². The Bertz CT molecular complexity index is 621. The molecule has 0 aliphatic heterocycles. The van der Waals surface area contributed by atoms with Crippen LogP contribution in [-0.4, -0.2) is 19.4 Å². The Hall–Kier alpha value is -2.62. The number of esters is 1. The van der Waals surface area contributed by atoms with Gasteiger partial charge in [0, 0.05) is 5.56 Å². The van der Waals surface area contributed by atoms with E-state index in [1.165, 1.54) is 7.11 Å². The lowest BCUT2D eigenvalue weighted by Gasteiger charge is -2.09. The van der Waals surface area contributed by atoms with Crippen LogP contribution in [0.15, 0.2) is 48.5 Å². The summed E-state index contributed by atoms with van der Waals surface area (Å²) in [7, 11) is 1.32. The largest absolute Gasteiger partial charge is 0.489 e. The van der Waals surface area contributed by atoms with E-state index in [1.54, 1.807) is 18.2 Å². The number of benzene rings is 2. The van der Waals surface area contributed by atoms with Crippen molar-refractivity contribution in [2.45, 2.75) is 26.9 Å². The predicted molar refractivity (Wildman–Crippen MR) is 89.7 cm³/mol. The van der Waals surface area contributed by atoms with E-state index >= 15 is 0 Å². The van der Waals surface area contributed by atoms with Crippen molar-refractivity contribution in [3.63, 3.8) is 0 Å². The molecule has 0 heterocycles. The second kappa shape index (κ2) is 10.2. The van der Waals surface area contributed by atoms with Gasteiger partial charge < -0.3 is 9.47 Å². The van der Waals surface area contributed by atoms with E-state index < -0.39 is 5.97 Å². The molecule has 0 spiro atoms. The highest BCUT2D eigenvalue weighted by Gasteiger charge is 2.09. The molecule has 2 rings (SSSR count). The van der Waals surface area contributed by atoms with E-state index in [0.29, 0.717) is 23.5 Å². The fourth-order valence-corrected chi connectivity index (χ4v) is 1.91. The average Bonchev–Trinajstić information content (AvgIpc) is 2.62. The third kappa shape index (κ3) is 5.94. The lowest BCUT2D eigenvalue weighted by molar-refractivity contribution is -0.139. The second-order valence-electron chi connectivity index (χ2n) is 4.51. The Morgan fingerprint density at radius 1 is 1.09 bits per heavy atom. The molecule has 4 heteroatoms. The summed E-state index contributed by atoms with van der Waals surface area (Å²) in [5, 5.41) is 0. The highest BCUT2D eigenvalue weighted by Crippen LogP contribution is 2.19. The summed E-state index contributed by atoms with van der Waals surface area (Å²) in [6.45, 7) is 4.43. The highest BCUT2D eigenvalue weighted by atomic mass is 16.5. The van der Waals surface area contributed by atoms with E-state index in [-0.39, 0.29) is 6.42 Å². The van der Waals surface area contributed by atoms with Gasteiger partial charge in [0.2, 0.25) is 0 Å². The Labute approximate surface area is 137 Å². The first-order chi connectivity index (χ1) is 11.2. The van der Waals surface area contributed by atoms with Gasteiger partial charge in [-0.25, -0.2) is 0 Å². The zero-order chi connectivity index (χ0) is 17.1. The third-order valence-corrected chi connectivity index (χ3v) is 3.05. The van der Waals surface area contributed by atoms with Crippen LogP contribution in [0.25, 0.3) is 0 Å². The van der Waals surface area contributed by atoms with E-state index in [9.17, 15) is 9.59 Å². The Balaban J connectivity index is 0.00000127. The van der Waals surface area contributed by atoms with Gasteiger partial charge in [0.05, 0.1) is 13.5 Å². The molecule has 122 valence electrons. The molecule has 0 bridgehead atoms. The molecular formula is C19H22O4. The standard InChI is InChI=1S/C17H16O4.C2H6/c1-20-17(19)10-15-9-16(8-7-14(15)11-18)21-12-13-5-3-2-4-6-13;1-2/h2-9,11H,10,12H2,1H3;1-2H3. The molecule has 0 fully saturated rings. The first kappa shape index (κ1) is 18.4. The van der Waals surface area contributed by atoms with Gasteiger partial charge in [0.15, 0.2) is 0 Å². The van der Waals surface area contributed by atoms with E-state index in [0.717, 1.165) is 11.8 Å². The summed E-state index contributed by atoms with van der Waals surface area (Å²) in [6.07, 6.45) is 0.770. The molecule has 0 atom stereocenters. The number of carbonyl (C=O) groups excluding carboxylic acids is 2. The minimum atomic E-state index is -0.390. The van der Waals surface area contributed by atoms with Crippen molar-refractivity contribution in [3.05, 3.63) is 65.2 Å². The lowest BCUT2D eigenvalue weighted by Crippen LogP contribution is -2.07. The first-order valence-electron chi connectivity index (χ1n) is 7.54. The van der Waals surface area contributed by atoms with Crippen molar-refractivity contribution in [3.8, 4) is 5.75 Å². The molecule has 0 aromatic heterocycles. The van der Waals surface area contributed by atoms with Gasteiger partial charge in [-0.1, -0.05) is 44.2 Å². The van der Waals surface area contributed by atoms with Gasteiger partial charge in [-0.15, -0.1) is 0 Å². The maximum atomic E-state index is 11.4. The van der Waals surface area contributed by atoms with Crippen LogP contribution in [0, 0.1) is 0 Å². The molecule has 4 nitrogen and oxygen atoms in total. The molecule has 0 saturated carbocycles. The molecule has 0 amide bonds. The maximum Gasteiger partial charge on any atom is 0.310 e. The van der Waals surface area contributed by atoms with E-state index in [1.807, 2.05) is 44.2 Å². The summed E-state index contributed by atoms with van der Waals surface area (Å²) in [6, 6.07) is 14.8. The molecule has 0 aliphatic rings. The molecule has 2 aromatic rings. The zero-order valence-electron chi connectivity index (χ0n) is 13.7. The van der Waals surface area contributed by atoms with Gasteiger partial charge in [-0.05, 0) is 29.3 Å². The molecule has 0 aliphatic carbocycles. The summed E-state index contributed by atoms with van der Waals surface area (Å²) in [5.41, 5.74) is 2.11. The van der Waals surface area contributed by atoms with Crippen molar-refractivity contribution >= 4 is 12.3 Å². The number of hydrogen-bond acceptors (Lipinski definition) is 4. The number of rotatable bonds is 6. The van der Waals surface area contributed by atoms with Gasteiger partial charge in [0.1, 0.15) is 18.6 Å². The van der Waals surface area contributed by atoms with Crippen LogP contribution >= 0.6 is 0 Å². The SMILES string of the molecule is CC.COC(=O)Cc1cc(OCc2ccccc2)ccc1C=O. The van der Waals surface area contributed by atoms with Crippen LogP contribution in [-0.2, 0) is 22.6 Å². The number of ether oxygens (including phenoxy) is 2. The minimum absolute atomic E-state index is 0.0487. The molecule has 0 N–H and O–H groups in total. The first-order valence-corrected chi connectivity index (χ1v) is 7.54. The average molecular weight is 314 g/mol. The molecular weight excluding hydrogens is 292 g/mol. The number of methoxy groups -OCH3 is 1. The quantitative estimate of drug-likeness (QED) is 0.601. The van der Waals surface area contributed by atoms with Crippen molar-refractivity contribution in [2.75, 3.05) is 7.11 Å².